The van der Waals surface area contributed by atoms with Crippen LogP contribution in [-0.2, 0) is 11.3 Å². The van der Waals surface area contributed by atoms with Gasteiger partial charge in [-0.25, -0.2) is 0 Å². The van der Waals surface area contributed by atoms with Gasteiger partial charge in [0.25, 0.3) is 0 Å². The Morgan fingerprint density at radius 3 is 2.92 bits per heavy atom. The summed E-state index contributed by atoms with van der Waals surface area (Å²) in [6.45, 7) is 4.71. The first-order valence-corrected chi connectivity index (χ1v) is 4.38. The zero-order valence-electron chi connectivity index (χ0n) is 7.76. The first-order valence-electron chi connectivity index (χ1n) is 4.38. The normalized spacial score (nSPS) is 16.4. The summed E-state index contributed by atoms with van der Waals surface area (Å²) in [6, 6.07) is 0. The van der Waals surface area contributed by atoms with E-state index >= 15 is 0 Å². The Hall–Kier alpha value is -1.16. The summed E-state index contributed by atoms with van der Waals surface area (Å²) in [5.41, 5.74) is 2.43. The number of fused-ring (bicyclic) bond motifs is 1. The quantitative estimate of drug-likeness (QED) is 0.707. The highest BCUT2D eigenvalue weighted by Gasteiger charge is 2.25. The third kappa shape index (κ3) is 1.27. The number of aromatic amines is 1. The summed E-state index contributed by atoms with van der Waals surface area (Å²) < 4.78 is 5.08. The van der Waals surface area contributed by atoms with Crippen LogP contribution in [0.1, 0.15) is 41.5 Å². The number of aromatic nitrogens is 2. The number of ketones is 1. The van der Waals surface area contributed by atoms with E-state index in [1.807, 2.05) is 13.8 Å². The Morgan fingerprint density at radius 1 is 1.46 bits per heavy atom. The summed E-state index contributed by atoms with van der Waals surface area (Å²) in [6.07, 6.45) is 0. The molecule has 1 N–H and O–H groups in total. The van der Waals surface area contributed by atoms with Gasteiger partial charge in [0.05, 0.1) is 23.6 Å². The van der Waals surface area contributed by atoms with Crippen LogP contribution in [0.5, 0.6) is 0 Å². The minimum Gasteiger partial charge on any atom is -0.367 e. The maximum absolute atomic E-state index is 11.5. The fraction of sp³-hybridized carbons (Fsp3) is 0.556. The molecule has 0 bridgehead atoms. The van der Waals surface area contributed by atoms with Crippen LogP contribution in [0.2, 0.25) is 0 Å². The van der Waals surface area contributed by atoms with Crippen molar-refractivity contribution in [3.05, 3.63) is 17.0 Å². The van der Waals surface area contributed by atoms with Gasteiger partial charge in [0.1, 0.15) is 6.61 Å². The van der Waals surface area contributed by atoms with E-state index in [1.165, 1.54) is 0 Å². The molecule has 0 aliphatic carbocycles. The zero-order valence-corrected chi connectivity index (χ0v) is 7.76. The minimum absolute atomic E-state index is 0.0405. The SMILES string of the molecule is CC(C)c1n[nH]c2c1C(=O)COC2. The number of carbonyl (C=O) groups excluding carboxylic acids is 1. The molecule has 13 heavy (non-hydrogen) atoms. The van der Waals surface area contributed by atoms with Crippen molar-refractivity contribution in [3.63, 3.8) is 0 Å². The molecule has 0 fully saturated rings. The third-order valence-electron chi connectivity index (χ3n) is 2.17. The van der Waals surface area contributed by atoms with Crippen LogP contribution < -0.4 is 0 Å². The van der Waals surface area contributed by atoms with Crippen molar-refractivity contribution in [2.24, 2.45) is 0 Å². The molecule has 1 aromatic heterocycles. The average Bonchev–Trinajstić information content (AvgIpc) is 2.49. The summed E-state index contributed by atoms with van der Waals surface area (Å²) >= 11 is 0. The van der Waals surface area contributed by atoms with Crippen LogP contribution in [0.15, 0.2) is 0 Å². The molecular formula is C9H12N2O2. The molecule has 0 aromatic carbocycles. The number of nitrogens with zero attached hydrogens (tertiary/aromatic N) is 1. The number of nitrogens with one attached hydrogen (secondary N) is 1. The van der Waals surface area contributed by atoms with Gasteiger partial charge >= 0.3 is 0 Å². The molecule has 0 unspecified atom stereocenters. The highest BCUT2D eigenvalue weighted by Crippen LogP contribution is 2.23. The van der Waals surface area contributed by atoms with Crippen LogP contribution in [-0.4, -0.2) is 22.6 Å². The number of hydrogen-bond donors (Lipinski definition) is 1. The Bertz CT molecular complexity index is 341. The van der Waals surface area contributed by atoms with Gasteiger partial charge in [-0.1, -0.05) is 13.8 Å². The molecule has 2 rings (SSSR count). The molecule has 0 spiro atoms. The van der Waals surface area contributed by atoms with Crippen molar-refractivity contribution in [1.29, 1.82) is 0 Å². The van der Waals surface area contributed by atoms with E-state index in [0.717, 1.165) is 17.0 Å². The highest BCUT2D eigenvalue weighted by atomic mass is 16.5. The van der Waals surface area contributed by atoms with E-state index < -0.39 is 0 Å². The van der Waals surface area contributed by atoms with Crippen LogP contribution in [0.25, 0.3) is 0 Å². The molecule has 0 atom stereocenters. The second-order valence-corrected chi connectivity index (χ2v) is 3.53. The van der Waals surface area contributed by atoms with Gasteiger partial charge in [-0.2, -0.15) is 5.10 Å². The largest absolute Gasteiger partial charge is 0.367 e. The summed E-state index contributed by atoms with van der Waals surface area (Å²) in [7, 11) is 0. The van der Waals surface area contributed by atoms with Gasteiger partial charge in [-0.15, -0.1) is 0 Å². The molecule has 4 heteroatoms. The number of carbonyl (C=O) groups is 1. The number of rotatable bonds is 1. The average molecular weight is 180 g/mol. The predicted octanol–water partition coefficient (Wildman–Crippen LogP) is 1.25. The second-order valence-electron chi connectivity index (χ2n) is 3.53. The first kappa shape index (κ1) is 8.44. The molecule has 1 aromatic rings. The Balaban J connectivity index is 2.50. The summed E-state index contributed by atoms with van der Waals surface area (Å²) in [5.74, 6) is 0.320. The smallest absolute Gasteiger partial charge is 0.192 e. The summed E-state index contributed by atoms with van der Waals surface area (Å²) in [4.78, 5) is 11.5. The number of ether oxygens (including phenoxy) is 1. The van der Waals surface area contributed by atoms with Gasteiger partial charge < -0.3 is 4.74 Å². The van der Waals surface area contributed by atoms with E-state index in [-0.39, 0.29) is 18.3 Å². The second kappa shape index (κ2) is 2.96. The van der Waals surface area contributed by atoms with Crippen LogP contribution >= 0.6 is 0 Å². The molecule has 0 saturated carbocycles. The lowest BCUT2D eigenvalue weighted by Crippen LogP contribution is -2.18. The molecule has 0 radical (unpaired) electrons. The fourth-order valence-corrected chi connectivity index (χ4v) is 1.55. The van der Waals surface area contributed by atoms with E-state index in [1.54, 1.807) is 0 Å². The van der Waals surface area contributed by atoms with Crippen molar-refractivity contribution in [2.75, 3.05) is 6.61 Å². The topological polar surface area (TPSA) is 55.0 Å². The molecule has 2 heterocycles. The number of H-pyrrole nitrogens is 1. The van der Waals surface area contributed by atoms with Gasteiger partial charge in [-0.05, 0) is 5.92 Å². The van der Waals surface area contributed by atoms with E-state index in [9.17, 15) is 4.79 Å². The molecule has 0 amide bonds. The number of Topliss-reactive ketones (excluding diaryl/α,β-unsaturated/α-hetero) is 1. The first-order chi connectivity index (χ1) is 6.20. The lowest BCUT2D eigenvalue weighted by atomic mass is 10.00. The third-order valence-corrected chi connectivity index (χ3v) is 2.17. The Labute approximate surface area is 76.3 Å². The molecule has 1 aliphatic heterocycles. The highest BCUT2D eigenvalue weighted by molar-refractivity contribution is 5.99. The molecule has 4 nitrogen and oxygen atoms in total. The van der Waals surface area contributed by atoms with Gasteiger partial charge in [0.2, 0.25) is 0 Å². The maximum Gasteiger partial charge on any atom is 0.192 e. The van der Waals surface area contributed by atoms with Gasteiger partial charge in [0, 0.05) is 0 Å². The molecule has 1 aliphatic rings. The Morgan fingerprint density at radius 2 is 2.23 bits per heavy atom. The molecule has 0 saturated heterocycles. The van der Waals surface area contributed by atoms with Gasteiger partial charge in [-0.3, -0.25) is 9.89 Å². The van der Waals surface area contributed by atoms with Gasteiger partial charge in [0.15, 0.2) is 5.78 Å². The van der Waals surface area contributed by atoms with Crippen molar-refractivity contribution in [3.8, 4) is 0 Å². The van der Waals surface area contributed by atoms with Crippen molar-refractivity contribution < 1.29 is 9.53 Å². The zero-order chi connectivity index (χ0) is 9.42. The summed E-state index contributed by atoms with van der Waals surface area (Å²) in [5, 5.41) is 6.96. The lowest BCUT2D eigenvalue weighted by Gasteiger charge is -2.12. The molecule has 70 valence electrons. The van der Waals surface area contributed by atoms with Crippen molar-refractivity contribution in [2.45, 2.75) is 26.4 Å². The van der Waals surface area contributed by atoms with E-state index in [2.05, 4.69) is 10.2 Å². The monoisotopic (exact) mass is 180 g/mol. The maximum atomic E-state index is 11.5. The van der Waals surface area contributed by atoms with E-state index in [4.69, 9.17) is 4.74 Å². The standard InChI is InChI=1S/C9H12N2O2/c1-5(2)9-8-6(10-11-9)3-13-4-7(8)12/h5H,3-4H2,1-2H3,(H,10,11). The Kier molecular flexibility index (Phi) is 1.92. The lowest BCUT2D eigenvalue weighted by molar-refractivity contribution is 0.0657. The predicted molar refractivity (Wildman–Crippen MR) is 46.7 cm³/mol. The van der Waals surface area contributed by atoms with Crippen LogP contribution in [0, 0.1) is 0 Å². The van der Waals surface area contributed by atoms with Crippen molar-refractivity contribution >= 4 is 5.78 Å². The molecular weight excluding hydrogens is 168 g/mol. The van der Waals surface area contributed by atoms with Crippen LogP contribution in [0.4, 0.5) is 0 Å². The number of hydrogen-bond acceptors (Lipinski definition) is 3. The van der Waals surface area contributed by atoms with Crippen LogP contribution in [0.3, 0.4) is 0 Å². The minimum atomic E-state index is 0.0405. The van der Waals surface area contributed by atoms with E-state index in [0.29, 0.717) is 6.61 Å². The van der Waals surface area contributed by atoms with Crippen molar-refractivity contribution in [1.82, 2.24) is 10.2 Å². The fourth-order valence-electron chi connectivity index (χ4n) is 1.55.